The van der Waals surface area contributed by atoms with Gasteiger partial charge in [0, 0.05) is 12.6 Å². The van der Waals surface area contributed by atoms with Gasteiger partial charge < -0.3 is 15.0 Å². The van der Waals surface area contributed by atoms with Crippen molar-refractivity contribution in [2.24, 2.45) is 0 Å². The van der Waals surface area contributed by atoms with Crippen LogP contribution in [0.4, 0.5) is 4.39 Å². The zero-order chi connectivity index (χ0) is 26.3. The molecule has 0 unspecified atom stereocenters. The van der Waals surface area contributed by atoms with E-state index in [0.29, 0.717) is 12.2 Å². The lowest BCUT2D eigenvalue weighted by Crippen LogP contribution is -2.52. The molecule has 0 spiro atoms. The van der Waals surface area contributed by atoms with Crippen molar-refractivity contribution in [1.29, 1.82) is 0 Å². The molecule has 1 aliphatic carbocycles. The third-order valence-corrected chi connectivity index (χ3v) is 7.37. The quantitative estimate of drug-likeness (QED) is 0.379. The number of ether oxygens (including phenoxy) is 1. The number of rotatable bonds is 9. The summed E-state index contributed by atoms with van der Waals surface area (Å²) in [5.74, 6) is -0.212. The molecule has 1 atom stereocenters. The third kappa shape index (κ3) is 7.79. The number of carbonyl (C=O) groups excluding carboxylic acids is 2. The molecule has 1 fully saturated rings. The minimum absolute atomic E-state index is 0.0110. The second kappa shape index (κ2) is 12.7. The monoisotopic (exact) mass is 560 g/mol. The Morgan fingerprint density at radius 3 is 2.36 bits per heavy atom. The van der Waals surface area contributed by atoms with Crippen LogP contribution in [-0.2, 0) is 21.5 Å². The molecule has 0 radical (unpaired) electrons. The van der Waals surface area contributed by atoms with Crippen molar-refractivity contribution in [1.82, 2.24) is 10.2 Å². The van der Waals surface area contributed by atoms with E-state index in [0.717, 1.165) is 41.3 Å². The molecule has 7 heteroatoms. The second-order valence-corrected chi connectivity index (χ2v) is 11.5. The van der Waals surface area contributed by atoms with E-state index < -0.39 is 6.04 Å². The topological polar surface area (TPSA) is 58.6 Å². The Bertz CT molecular complexity index is 1030. The van der Waals surface area contributed by atoms with Crippen molar-refractivity contribution in [2.45, 2.75) is 90.3 Å². The molecule has 2 aromatic carbocycles. The summed E-state index contributed by atoms with van der Waals surface area (Å²) in [7, 11) is 0. The number of nitrogens with zero attached hydrogens (tertiary/aromatic N) is 1. The van der Waals surface area contributed by atoms with E-state index >= 15 is 0 Å². The first-order valence-corrected chi connectivity index (χ1v) is 13.6. The van der Waals surface area contributed by atoms with Gasteiger partial charge in [0.2, 0.25) is 5.91 Å². The van der Waals surface area contributed by atoms with Crippen molar-refractivity contribution >= 4 is 27.7 Å². The van der Waals surface area contributed by atoms with Gasteiger partial charge in [0.05, 0.1) is 4.47 Å². The number of benzene rings is 2. The van der Waals surface area contributed by atoms with Gasteiger partial charge in [-0.2, -0.15) is 0 Å². The van der Waals surface area contributed by atoms with Crippen LogP contribution < -0.4 is 10.1 Å². The highest BCUT2D eigenvalue weighted by Crippen LogP contribution is 2.31. The molecule has 196 valence electrons. The van der Waals surface area contributed by atoms with E-state index in [-0.39, 0.29) is 42.2 Å². The molecule has 0 aromatic heterocycles. The lowest BCUT2D eigenvalue weighted by molar-refractivity contribution is -0.143. The number of amides is 2. The summed E-state index contributed by atoms with van der Waals surface area (Å²) in [6.45, 7) is 8.30. The van der Waals surface area contributed by atoms with Gasteiger partial charge in [-0.3, -0.25) is 9.59 Å². The van der Waals surface area contributed by atoms with Crippen LogP contribution in [0, 0.1) is 5.82 Å². The molecule has 5 nitrogen and oxygen atoms in total. The second-order valence-electron chi connectivity index (χ2n) is 10.6. The normalized spacial score (nSPS) is 15.3. The van der Waals surface area contributed by atoms with Crippen LogP contribution in [0.15, 0.2) is 46.9 Å². The van der Waals surface area contributed by atoms with Crippen LogP contribution in [0.25, 0.3) is 0 Å². The van der Waals surface area contributed by atoms with E-state index in [9.17, 15) is 14.0 Å². The maximum atomic E-state index is 13.5. The van der Waals surface area contributed by atoms with Gasteiger partial charge in [0.1, 0.15) is 17.6 Å². The number of hydrogen-bond donors (Lipinski definition) is 1. The summed E-state index contributed by atoms with van der Waals surface area (Å²) < 4.78 is 20.1. The third-order valence-electron chi connectivity index (χ3n) is 6.75. The lowest BCUT2D eigenvalue weighted by Gasteiger charge is -2.32. The number of halogens is 2. The molecule has 1 N–H and O–H groups in total. The average molecular weight is 562 g/mol. The highest BCUT2D eigenvalue weighted by atomic mass is 79.9. The smallest absolute Gasteiger partial charge is 0.261 e. The first-order chi connectivity index (χ1) is 17.1. The predicted molar refractivity (Wildman–Crippen MR) is 144 cm³/mol. The summed E-state index contributed by atoms with van der Waals surface area (Å²) in [6.07, 6.45) is 5.82. The molecular weight excluding hydrogens is 523 g/mol. The number of hydrogen-bond acceptors (Lipinski definition) is 3. The Morgan fingerprint density at radius 2 is 1.78 bits per heavy atom. The standard InChI is InChI=1S/C29H38BrFN2O3/c1-5-25(28(35)32-23-9-7-6-8-10-23)33(18-20-11-14-22(31)15-12-20)27(34)19-36-26-16-13-21(17-24(26)30)29(2,3)4/h11-17,23,25H,5-10,18-19H2,1-4H3,(H,32,35)/t25-/m1/s1. The predicted octanol–water partition coefficient (Wildman–Crippen LogP) is 6.52. The summed E-state index contributed by atoms with van der Waals surface area (Å²) in [5, 5.41) is 3.16. The van der Waals surface area contributed by atoms with E-state index in [1.807, 2.05) is 25.1 Å². The SMILES string of the molecule is CC[C@H](C(=O)NC1CCCCC1)N(Cc1ccc(F)cc1)C(=O)COc1ccc(C(C)(C)C)cc1Br. The Balaban J connectivity index is 1.76. The van der Waals surface area contributed by atoms with E-state index in [2.05, 4.69) is 42.0 Å². The summed E-state index contributed by atoms with van der Waals surface area (Å²) >= 11 is 3.56. The maximum absolute atomic E-state index is 13.5. The van der Waals surface area contributed by atoms with E-state index in [1.54, 1.807) is 17.0 Å². The van der Waals surface area contributed by atoms with Crippen LogP contribution in [0.2, 0.25) is 0 Å². The van der Waals surface area contributed by atoms with Crippen molar-refractivity contribution < 1.29 is 18.7 Å². The van der Waals surface area contributed by atoms with Crippen molar-refractivity contribution in [3.05, 3.63) is 63.9 Å². The maximum Gasteiger partial charge on any atom is 0.261 e. The number of nitrogens with one attached hydrogen (secondary N) is 1. The van der Waals surface area contributed by atoms with Gasteiger partial charge >= 0.3 is 0 Å². The van der Waals surface area contributed by atoms with E-state index in [4.69, 9.17) is 4.74 Å². The van der Waals surface area contributed by atoms with Crippen LogP contribution in [0.1, 0.15) is 77.3 Å². The van der Waals surface area contributed by atoms with E-state index in [1.165, 1.54) is 18.6 Å². The fourth-order valence-electron chi connectivity index (χ4n) is 4.56. The van der Waals surface area contributed by atoms with Gasteiger partial charge in [-0.25, -0.2) is 4.39 Å². The highest BCUT2D eigenvalue weighted by molar-refractivity contribution is 9.10. The molecule has 0 bridgehead atoms. The molecule has 1 aliphatic rings. The van der Waals surface area contributed by atoms with Crippen LogP contribution in [0.5, 0.6) is 5.75 Å². The first kappa shape index (κ1) is 28.2. The summed E-state index contributed by atoms with van der Waals surface area (Å²) in [5.41, 5.74) is 1.89. The zero-order valence-corrected chi connectivity index (χ0v) is 23.4. The van der Waals surface area contributed by atoms with Crippen LogP contribution in [0.3, 0.4) is 0 Å². The molecule has 0 heterocycles. The zero-order valence-electron chi connectivity index (χ0n) is 21.8. The molecule has 2 aromatic rings. The van der Waals surface area contributed by atoms with Crippen molar-refractivity contribution in [3.63, 3.8) is 0 Å². The largest absolute Gasteiger partial charge is 0.483 e. The van der Waals surface area contributed by atoms with Crippen molar-refractivity contribution in [3.8, 4) is 5.75 Å². The minimum Gasteiger partial charge on any atom is -0.483 e. The molecular formula is C29H38BrFN2O3. The fraction of sp³-hybridized carbons (Fsp3) is 0.517. The fourth-order valence-corrected chi connectivity index (χ4v) is 5.05. The summed E-state index contributed by atoms with van der Waals surface area (Å²) in [6, 6.07) is 11.4. The molecule has 0 saturated heterocycles. The van der Waals surface area contributed by atoms with Gasteiger partial charge in [0.25, 0.3) is 5.91 Å². The lowest BCUT2D eigenvalue weighted by atomic mass is 9.87. The van der Waals surface area contributed by atoms with Gasteiger partial charge in [-0.05, 0) is 76.0 Å². The summed E-state index contributed by atoms with van der Waals surface area (Å²) in [4.78, 5) is 28.3. The van der Waals surface area contributed by atoms with Crippen LogP contribution in [-0.4, -0.2) is 35.4 Å². The minimum atomic E-state index is -0.639. The van der Waals surface area contributed by atoms with Gasteiger partial charge in [-0.15, -0.1) is 0 Å². The Labute approximate surface area is 222 Å². The molecule has 36 heavy (non-hydrogen) atoms. The Morgan fingerprint density at radius 1 is 1.11 bits per heavy atom. The molecule has 0 aliphatic heterocycles. The Kier molecular flexibility index (Phi) is 9.94. The first-order valence-electron chi connectivity index (χ1n) is 12.9. The number of carbonyl (C=O) groups is 2. The molecule has 1 saturated carbocycles. The van der Waals surface area contributed by atoms with Crippen molar-refractivity contribution in [2.75, 3.05) is 6.61 Å². The highest BCUT2D eigenvalue weighted by Gasteiger charge is 2.30. The molecule has 2 amide bonds. The Hall–Kier alpha value is -2.41. The van der Waals surface area contributed by atoms with Gasteiger partial charge in [0.15, 0.2) is 6.61 Å². The average Bonchev–Trinajstić information content (AvgIpc) is 2.84. The van der Waals surface area contributed by atoms with Crippen LogP contribution >= 0.6 is 15.9 Å². The van der Waals surface area contributed by atoms with Gasteiger partial charge in [-0.1, -0.05) is 65.2 Å². The molecule has 3 rings (SSSR count).